The van der Waals surface area contributed by atoms with Crippen molar-refractivity contribution >= 4 is 5.97 Å². The first kappa shape index (κ1) is 12.6. The fourth-order valence-electron chi connectivity index (χ4n) is 2.28. The number of benzene rings is 1. The molecule has 0 amide bonds. The van der Waals surface area contributed by atoms with Gasteiger partial charge in [0, 0.05) is 19.5 Å². The van der Waals surface area contributed by atoms with Crippen LogP contribution < -0.4 is 0 Å². The molecule has 1 fully saturated rings. The van der Waals surface area contributed by atoms with E-state index in [-0.39, 0.29) is 6.42 Å². The summed E-state index contributed by atoms with van der Waals surface area (Å²) in [6.45, 7) is 0.789. The molecule has 0 aromatic heterocycles. The molecular weight excluding hydrogens is 232 g/mol. The normalized spacial score (nSPS) is 23.8. The third-order valence-corrected chi connectivity index (χ3v) is 3.11. The Bertz CT molecular complexity index is 495. The number of aliphatic hydroxyl groups excluding tert-OH is 1. The number of likely N-dealkylation sites (tertiary alicyclic amines) is 1. The van der Waals surface area contributed by atoms with Gasteiger partial charge in [-0.05, 0) is 17.7 Å². The second-order valence-corrected chi connectivity index (χ2v) is 4.49. The van der Waals surface area contributed by atoms with Crippen LogP contribution in [0.1, 0.15) is 17.5 Å². The Labute approximate surface area is 105 Å². The van der Waals surface area contributed by atoms with Crippen LogP contribution in [0.25, 0.3) is 0 Å². The zero-order chi connectivity index (χ0) is 13.1. The molecule has 0 radical (unpaired) electrons. The lowest BCUT2D eigenvalue weighted by molar-refractivity contribution is -0.142. The average molecular weight is 246 g/mol. The second-order valence-electron chi connectivity index (χ2n) is 4.49. The van der Waals surface area contributed by atoms with Gasteiger partial charge < -0.3 is 10.2 Å². The number of carboxylic acids is 1. The molecular formula is C13H14N2O3. The number of aliphatic hydroxyl groups is 1. The zero-order valence-electron chi connectivity index (χ0n) is 9.78. The highest BCUT2D eigenvalue weighted by Crippen LogP contribution is 2.21. The standard InChI is InChI=1S/C13H14N2O3/c14-6-9-2-1-3-10(4-9)7-15-8-11(16)5-12(15)13(17)18/h1-4,11-12,16H,5,7-8H2,(H,17,18). The molecule has 0 aliphatic carbocycles. The van der Waals surface area contributed by atoms with Gasteiger partial charge in [-0.2, -0.15) is 5.26 Å². The van der Waals surface area contributed by atoms with E-state index >= 15 is 0 Å². The van der Waals surface area contributed by atoms with Crippen molar-refractivity contribution < 1.29 is 15.0 Å². The Balaban J connectivity index is 2.12. The SMILES string of the molecule is N#Cc1cccc(CN2CC(O)CC2C(=O)O)c1. The molecule has 0 spiro atoms. The molecule has 2 rings (SSSR count). The number of carboxylic acid groups (broad SMARTS) is 1. The molecule has 18 heavy (non-hydrogen) atoms. The Morgan fingerprint density at radius 1 is 1.56 bits per heavy atom. The second kappa shape index (κ2) is 5.17. The molecule has 1 aromatic carbocycles. The van der Waals surface area contributed by atoms with E-state index < -0.39 is 18.1 Å². The molecule has 2 N–H and O–H groups in total. The van der Waals surface area contributed by atoms with Crippen molar-refractivity contribution in [2.75, 3.05) is 6.54 Å². The van der Waals surface area contributed by atoms with Crippen LogP contribution in [0.5, 0.6) is 0 Å². The van der Waals surface area contributed by atoms with E-state index in [1.807, 2.05) is 6.07 Å². The molecule has 1 heterocycles. The topological polar surface area (TPSA) is 84.6 Å². The number of β-amino-alcohol motifs (C(OH)–C–C–N with tert-alkyl or cyclic N) is 1. The van der Waals surface area contributed by atoms with Crippen LogP contribution in [0, 0.1) is 11.3 Å². The number of nitriles is 1. The molecule has 5 nitrogen and oxygen atoms in total. The van der Waals surface area contributed by atoms with Crippen molar-refractivity contribution in [3.63, 3.8) is 0 Å². The van der Waals surface area contributed by atoms with Crippen molar-refractivity contribution in [3.8, 4) is 6.07 Å². The monoisotopic (exact) mass is 246 g/mol. The molecule has 1 aromatic rings. The molecule has 2 unspecified atom stereocenters. The minimum atomic E-state index is -0.914. The lowest BCUT2D eigenvalue weighted by atomic mass is 10.1. The van der Waals surface area contributed by atoms with E-state index in [2.05, 4.69) is 6.07 Å². The van der Waals surface area contributed by atoms with Crippen LogP contribution in [-0.4, -0.2) is 39.8 Å². The molecule has 94 valence electrons. The number of hydrogen-bond acceptors (Lipinski definition) is 4. The van der Waals surface area contributed by atoms with Gasteiger partial charge in [-0.25, -0.2) is 0 Å². The van der Waals surface area contributed by atoms with E-state index in [1.54, 1.807) is 23.1 Å². The Hall–Kier alpha value is -1.90. The Morgan fingerprint density at radius 2 is 2.33 bits per heavy atom. The maximum atomic E-state index is 11.1. The molecule has 5 heteroatoms. The van der Waals surface area contributed by atoms with E-state index in [9.17, 15) is 9.90 Å². The number of aliphatic carboxylic acids is 1. The lowest BCUT2D eigenvalue weighted by Crippen LogP contribution is -2.35. The summed E-state index contributed by atoms with van der Waals surface area (Å²) >= 11 is 0. The predicted molar refractivity (Wildman–Crippen MR) is 63.6 cm³/mol. The third kappa shape index (κ3) is 2.67. The molecule has 1 aliphatic heterocycles. The first-order chi connectivity index (χ1) is 8.60. The largest absolute Gasteiger partial charge is 0.480 e. The molecule has 2 atom stereocenters. The van der Waals surface area contributed by atoms with Gasteiger partial charge in [-0.1, -0.05) is 12.1 Å². The smallest absolute Gasteiger partial charge is 0.321 e. The first-order valence-corrected chi connectivity index (χ1v) is 5.74. The fraction of sp³-hybridized carbons (Fsp3) is 0.385. The highest BCUT2D eigenvalue weighted by atomic mass is 16.4. The van der Waals surface area contributed by atoms with Gasteiger partial charge in [0.2, 0.25) is 0 Å². The fourth-order valence-corrected chi connectivity index (χ4v) is 2.28. The number of rotatable bonds is 3. The van der Waals surface area contributed by atoms with Crippen molar-refractivity contribution in [2.24, 2.45) is 0 Å². The van der Waals surface area contributed by atoms with Gasteiger partial charge in [0.1, 0.15) is 6.04 Å². The molecule has 1 aliphatic rings. The predicted octanol–water partition coefficient (Wildman–Crippen LogP) is 0.578. The van der Waals surface area contributed by atoms with Crippen molar-refractivity contribution in [1.29, 1.82) is 5.26 Å². The number of carbonyl (C=O) groups is 1. The lowest BCUT2D eigenvalue weighted by Gasteiger charge is -2.20. The average Bonchev–Trinajstić information content (AvgIpc) is 2.70. The summed E-state index contributed by atoms with van der Waals surface area (Å²) in [5, 5.41) is 27.4. The van der Waals surface area contributed by atoms with Crippen LogP contribution in [-0.2, 0) is 11.3 Å². The molecule has 0 bridgehead atoms. The molecule has 1 saturated heterocycles. The summed E-state index contributed by atoms with van der Waals surface area (Å²) < 4.78 is 0. The van der Waals surface area contributed by atoms with Gasteiger partial charge in [0.05, 0.1) is 17.7 Å². The van der Waals surface area contributed by atoms with Crippen molar-refractivity contribution in [3.05, 3.63) is 35.4 Å². The van der Waals surface area contributed by atoms with Crippen LogP contribution in [0.4, 0.5) is 0 Å². The van der Waals surface area contributed by atoms with E-state index in [1.165, 1.54) is 0 Å². The van der Waals surface area contributed by atoms with Crippen LogP contribution in [0.15, 0.2) is 24.3 Å². The first-order valence-electron chi connectivity index (χ1n) is 5.74. The molecule has 0 saturated carbocycles. The Morgan fingerprint density at radius 3 is 3.00 bits per heavy atom. The van der Waals surface area contributed by atoms with Gasteiger partial charge in [-0.3, -0.25) is 9.69 Å². The highest BCUT2D eigenvalue weighted by molar-refractivity contribution is 5.74. The number of nitrogens with zero attached hydrogens (tertiary/aromatic N) is 2. The minimum absolute atomic E-state index is 0.257. The van der Waals surface area contributed by atoms with Gasteiger partial charge >= 0.3 is 5.97 Å². The summed E-state index contributed by atoms with van der Waals surface area (Å²) in [6, 6.07) is 8.47. The van der Waals surface area contributed by atoms with Crippen molar-refractivity contribution in [1.82, 2.24) is 4.90 Å². The van der Waals surface area contributed by atoms with E-state index in [4.69, 9.17) is 10.4 Å². The highest BCUT2D eigenvalue weighted by Gasteiger charge is 2.35. The third-order valence-electron chi connectivity index (χ3n) is 3.11. The number of hydrogen-bond donors (Lipinski definition) is 2. The Kier molecular flexibility index (Phi) is 3.60. The van der Waals surface area contributed by atoms with Crippen LogP contribution in [0.2, 0.25) is 0 Å². The van der Waals surface area contributed by atoms with Crippen molar-refractivity contribution in [2.45, 2.75) is 25.1 Å². The van der Waals surface area contributed by atoms with Crippen LogP contribution >= 0.6 is 0 Å². The van der Waals surface area contributed by atoms with Gasteiger partial charge in [0.15, 0.2) is 0 Å². The van der Waals surface area contributed by atoms with E-state index in [0.717, 1.165) is 5.56 Å². The summed E-state index contributed by atoms with van der Waals surface area (Å²) in [5.41, 5.74) is 1.44. The maximum absolute atomic E-state index is 11.1. The van der Waals surface area contributed by atoms with Crippen LogP contribution in [0.3, 0.4) is 0 Å². The summed E-state index contributed by atoms with van der Waals surface area (Å²) in [7, 11) is 0. The summed E-state index contributed by atoms with van der Waals surface area (Å²) in [6.07, 6.45) is -0.335. The van der Waals surface area contributed by atoms with Gasteiger partial charge in [0.25, 0.3) is 0 Å². The van der Waals surface area contributed by atoms with E-state index in [0.29, 0.717) is 18.7 Å². The van der Waals surface area contributed by atoms with Gasteiger partial charge in [-0.15, -0.1) is 0 Å². The maximum Gasteiger partial charge on any atom is 0.321 e. The minimum Gasteiger partial charge on any atom is -0.480 e. The quantitative estimate of drug-likeness (QED) is 0.814. The summed E-state index contributed by atoms with van der Waals surface area (Å²) in [4.78, 5) is 12.8. The summed E-state index contributed by atoms with van der Waals surface area (Å²) in [5.74, 6) is -0.914. The zero-order valence-corrected chi connectivity index (χ0v) is 9.78.